The van der Waals surface area contributed by atoms with Gasteiger partial charge in [-0.15, -0.1) is 6.58 Å². The lowest BCUT2D eigenvalue weighted by molar-refractivity contribution is 0.0998. The van der Waals surface area contributed by atoms with Gasteiger partial charge in [0, 0.05) is 20.3 Å². The van der Waals surface area contributed by atoms with Crippen LogP contribution in [0.1, 0.15) is 0 Å². The first kappa shape index (κ1) is 13.9. The number of hydrogen-bond donors (Lipinski definition) is 2. The second-order valence-corrected chi connectivity index (χ2v) is 5.93. The van der Waals surface area contributed by atoms with Crippen molar-refractivity contribution in [2.24, 2.45) is 0 Å². The van der Waals surface area contributed by atoms with Gasteiger partial charge in [0.1, 0.15) is 6.73 Å². The van der Waals surface area contributed by atoms with Crippen LogP contribution < -0.4 is 4.72 Å². The summed E-state index contributed by atoms with van der Waals surface area (Å²) in [7, 11) is 0.198. The van der Waals surface area contributed by atoms with E-state index >= 15 is 0 Å². The SMILES string of the molecule is C=CC[Si](OC)(OC)OCNS(=O)O. The highest BCUT2D eigenvalue weighted by molar-refractivity contribution is 7.77. The molecule has 0 saturated heterocycles. The first-order valence-electron chi connectivity index (χ1n) is 3.79. The van der Waals surface area contributed by atoms with E-state index in [0.717, 1.165) is 0 Å². The molecule has 6 nitrogen and oxygen atoms in total. The highest BCUT2D eigenvalue weighted by atomic mass is 32.2. The Morgan fingerprint density at radius 1 is 1.57 bits per heavy atom. The Labute approximate surface area is 87.0 Å². The molecule has 0 aliphatic heterocycles. The van der Waals surface area contributed by atoms with Crippen LogP contribution in [0.3, 0.4) is 0 Å². The average molecular weight is 241 g/mol. The lowest BCUT2D eigenvalue weighted by atomic mass is 10.8. The van der Waals surface area contributed by atoms with Gasteiger partial charge < -0.3 is 13.3 Å². The average Bonchev–Trinajstić information content (AvgIpc) is 2.16. The van der Waals surface area contributed by atoms with E-state index < -0.39 is 20.1 Å². The van der Waals surface area contributed by atoms with Crippen LogP contribution in [0, 0.1) is 0 Å². The summed E-state index contributed by atoms with van der Waals surface area (Å²) in [5.74, 6) is 0. The first-order chi connectivity index (χ1) is 6.60. The van der Waals surface area contributed by atoms with Crippen molar-refractivity contribution in [3.63, 3.8) is 0 Å². The van der Waals surface area contributed by atoms with Gasteiger partial charge in [0.15, 0.2) is 0 Å². The molecule has 0 aromatic rings. The van der Waals surface area contributed by atoms with Crippen molar-refractivity contribution in [2.45, 2.75) is 6.04 Å². The van der Waals surface area contributed by atoms with E-state index in [1.54, 1.807) is 6.08 Å². The largest absolute Gasteiger partial charge is 0.505 e. The van der Waals surface area contributed by atoms with Crippen LogP contribution in [0.25, 0.3) is 0 Å². The number of rotatable bonds is 8. The lowest BCUT2D eigenvalue weighted by Crippen LogP contribution is -2.45. The molecule has 8 heteroatoms. The van der Waals surface area contributed by atoms with Gasteiger partial charge in [-0.25, -0.2) is 4.21 Å². The van der Waals surface area contributed by atoms with E-state index in [0.29, 0.717) is 6.04 Å². The van der Waals surface area contributed by atoms with Crippen LogP contribution >= 0.6 is 0 Å². The van der Waals surface area contributed by atoms with Crippen molar-refractivity contribution in [1.29, 1.82) is 0 Å². The fourth-order valence-electron chi connectivity index (χ4n) is 0.793. The van der Waals surface area contributed by atoms with Crippen molar-refractivity contribution >= 4 is 20.1 Å². The zero-order valence-electron chi connectivity index (χ0n) is 8.19. The van der Waals surface area contributed by atoms with Crippen LogP contribution in [0.4, 0.5) is 0 Å². The molecule has 0 fully saturated rings. The summed E-state index contributed by atoms with van der Waals surface area (Å²) < 4.78 is 36.3. The predicted octanol–water partition coefficient (Wildman–Crippen LogP) is 0.105. The molecule has 2 N–H and O–H groups in total. The van der Waals surface area contributed by atoms with Gasteiger partial charge in [-0.3, -0.25) is 4.55 Å². The summed E-state index contributed by atoms with van der Waals surface area (Å²) in [6.45, 7) is 3.44. The second-order valence-electron chi connectivity index (χ2n) is 2.27. The minimum absolute atomic E-state index is 0.106. The molecule has 0 aliphatic carbocycles. The maximum absolute atomic E-state index is 10.3. The lowest BCUT2D eigenvalue weighted by Gasteiger charge is -2.24. The van der Waals surface area contributed by atoms with E-state index in [2.05, 4.69) is 11.3 Å². The van der Waals surface area contributed by atoms with Crippen LogP contribution in [0.15, 0.2) is 12.7 Å². The minimum atomic E-state index is -2.74. The standard InChI is InChI=1S/C6H15NO5SSi/c1-4-5-14(10-2,11-3)12-6-7-13(8)9/h4,7H,1,5-6H2,2-3H3,(H,8,9). The normalized spacial score (nSPS) is 13.9. The Balaban J connectivity index is 4.06. The molecule has 1 atom stereocenters. The van der Waals surface area contributed by atoms with Gasteiger partial charge in [0.05, 0.1) is 0 Å². The molecule has 1 unspecified atom stereocenters. The summed E-state index contributed by atoms with van der Waals surface area (Å²) in [6, 6.07) is 0.444. The first-order valence-corrected chi connectivity index (χ1v) is 6.83. The zero-order chi connectivity index (χ0) is 11.0. The Bertz CT molecular complexity index is 199. The molecule has 84 valence electrons. The van der Waals surface area contributed by atoms with Gasteiger partial charge in [-0.1, -0.05) is 6.08 Å². The monoisotopic (exact) mass is 241 g/mol. The van der Waals surface area contributed by atoms with Gasteiger partial charge in [0.2, 0.25) is 11.3 Å². The Morgan fingerprint density at radius 2 is 2.14 bits per heavy atom. The molecule has 0 rings (SSSR count). The van der Waals surface area contributed by atoms with Crippen LogP contribution in [0.2, 0.25) is 6.04 Å². The summed E-state index contributed by atoms with van der Waals surface area (Å²) in [4.78, 5) is 0. The molecule has 0 saturated carbocycles. The topological polar surface area (TPSA) is 77.0 Å². The van der Waals surface area contributed by atoms with Crippen molar-refractivity contribution < 1.29 is 22.0 Å². The Kier molecular flexibility index (Phi) is 7.18. The van der Waals surface area contributed by atoms with Crippen molar-refractivity contribution in [1.82, 2.24) is 4.72 Å². The van der Waals surface area contributed by atoms with E-state index in [-0.39, 0.29) is 6.73 Å². The van der Waals surface area contributed by atoms with Gasteiger partial charge in [-0.05, 0) is 0 Å². The second kappa shape index (κ2) is 7.23. The van der Waals surface area contributed by atoms with E-state index in [4.69, 9.17) is 17.8 Å². The van der Waals surface area contributed by atoms with E-state index in [1.807, 2.05) is 0 Å². The van der Waals surface area contributed by atoms with Crippen molar-refractivity contribution in [2.75, 3.05) is 21.0 Å². The fraction of sp³-hybridized carbons (Fsp3) is 0.667. The van der Waals surface area contributed by atoms with E-state index in [1.165, 1.54) is 14.2 Å². The molecule has 0 bridgehead atoms. The smallest absolute Gasteiger partial charge is 0.377 e. The third-order valence-electron chi connectivity index (χ3n) is 1.49. The highest BCUT2D eigenvalue weighted by Gasteiger charge is 2.37. The summed E-state index contributed by atoms with van der Waals surface area (Å²) >= 11 is -2.10. The molecule has 0 amide bonds. The summed E-state index contributed by atoms with van der Waals surface area (Å²) in [6.07, 6.45) is 1.62. The van der Waals surface area contributed by atoms with Gasteiger partial charge >= 0.3 is 8.80 Å². The molecule has 0 radical (unpaired) electrons. The molecule has 0 aliphatic rings. The molecule has 0 heterocycles. The van der Waals surface area contributed by atoms with Crippen molar-refractivity contribution in [3.05, 3.63) is 12.7 Å². The number of hydrogen-bond acceptors (Lipinski definition) is 4. The number of nitrogens with one attached hydrogen (secondary N) is 1. The predicted molar refractivity (Wildman–Crippen MR) is 54.6 cm³/mol. The molecule has 0 aromatic carbocycles. The molecule has 0 spiro atoms. The summed E-state index contributed by atoms with van der Waals surface area (Å²) in [5, 5.41) is 0. The quantitative estimate of drug-likeness (QED) is 0.273. The third-order valence-corrected chi connectivity index (χ3v) is 4.47. The van der Waals surface area contributed by atoms with Crippen LogP contribution in [0.5, 0.6) is 0 Å². The highest BCUT2D eigenvalue weighted by Crippen LogP contribution is 2.13. The summed E-state index contributed by atoms with van der Waals surface area (Å²) in [5.41, 5.74) is 0. The fourth-order valence-corrected chi connectivity index (χ4v) is 2.56. The van der Waals surface area contributed by atoms with Crippen LogP contribution in [-0.2, 0) is 24.5 Å². The Morgan fingerprint density at radius 3 is 2.50 bits per heavy atom. The van der Waals surface area contributed by atoms with Gasteiger partial charge in [0.25, 0.3) is 0 Å². The molecular formula is C6H15NO5SSi. The van der Waals surface area contributed by atoms with Crippen LogP contribution in [-0.4, -0.2) is 38.5 Å². The van der Waals surface area contributed by atoms with Gasteiger partial charge in [-0.2, -0.15) is 4.72 Å². The molecule has 14 heavy (non-hydrogen) atoms. The van der Waals surface area contributed by atoms with E-state index in [9.17, 15) is 4.21 Å². The third kappa shape index (κ3) is 4.96. The van der Waals surface area contributed by atoms with Crippen molar-refractivity contribution in [3.8, 4) is 0 Å². The maximum atomic E-state index is 10.3. The molecular weight excluding hydrogens is 226 g/mol. The molecule has 0 aromatic heterocycles. The number of allylic oxidation sites excluding steroid dienone is 1. The minimum Gasteiger partial charge on any atom is -0.377 e. The maximum Gasteiger partial charge on any atom is 0.505 e. The zero-order valence-corrected chi connectivity index (χ0v) is 10.0. The Hall–Kier alpha value is -0.0931.